The summed E-state index contributed by atoms with van der Waals surface area (Å²) in [6.45, 7) is 2.21. The van der Waals surface area contributed by atoms with Gasteiger partial charge in [-0.15, -0.1) is 11.3 Å². The zero-order chi connectivity index (χ0) is 23.9. The monoisotopic (exact) mass is 478 g/mol. The third kappa shape index (κ3) is 5.99. The molecule has 0 aliphatic carbocycles. The van der Waals surface area contributed by atoms with E-state index < -0.39 is 4.92 Å². The van der Waals surface area contributed by atoms with Gasteiger partial charge in [-0.2, -0.15) is 0 Å². The van der Waals surface area contributed by atoms with Gasteiger partial charge in [0.2, 0.25) is 5.91 Å². The van der Waals surface area contributed by atoms with Gasteiger partial charge >= 0.3 is 0 Å². The summed E-state index contributed by atoms with van der Waals surface area (Å²) in [6, 6.07) is 17.7. The van der Waals surface area contributed by atoms with Gasteiger partial charge in [-0.25, -0.2) is 0 Å². The van der Waals surface area contributed by atoms with Crippen LogP contribution in [0.4, 0.5) is 17.1 Å². The number of piperazine rings is 1. The van der Waals surface area contributed by atoms with Crippen molar-refractivity contribution in [3.8, 4) is 0 Å². The second-order valence-electron chi connectivity index (χ2n) is 8.12. The summed E-state index contributed by atoms with van der Waals surface area (Å²) in [6.07, 6.45) is 2.08. The number of hydrogen-bond donors (Lipinski definition) is 1. The van der Waals surface area contributed by atoms with E-state index in [1.165, 1.54) is 10.9 Å². The summed E-state index contributed by atoms with van der Waals surface area (Å²) in [4.78, 5) is 41.1. The molecule has 1 fully saturated rings. The third-order valence-corrected chi connectivity index (χ3v) is 6.71. The molecule has 0 atom stereocenters. The van der Waals surface area contributed by atoms with Crippen LogP contribution in [0.15, 0.2) is 66.0 Å². The summed E-state index contributed by atoms with van der Waals surface area (Å²) < 4.78 is 0. The van der Waals surface area contributed by atoms with Gasteiger partial charge in [0.15, 0.2) is 0 Å². The molecule has 1 aliphatic heterocycles. The maximum atomic E-state index is 13.0. The van der Waals surface area contributed by atoms with Gasteiger partial charge in [0, 0.05) is 66.5 Å². The Morgan fingerprint density at radius 3 is 2.53 bits per heavy atom. The Morgan fingerprint density at radius 1 is 1.00 bits per heavy atom. The molecule has 0 spiro atoms. The number of amides is 2. The number of thiophene rings is 1. The van der Waals surface area contributed by atoms with E-state index >= 15 is 0 Å². The molecule has 3 aromatic rings. The number of carbonyl (C=O) groups is 2. The lowest BCUT2D eigenvalue weighted by molar-refractivity contribution is -0.384. The van der Waals surface area contributed by atoms with E-state index in [0.717, 1.165) is 18.5 Å². The second kappa shape index (κ2) is 10.9. The van der Waals surface area contributed by atoms with E-state index in [4.69, 9.17) is 0 Å². The number of non-ortho nitro benzene ring substituents is 1. The normalized spacial score (nSPS) is 13.5. The highest BCUT2D eigenvalue weighted by molar-refractivity contribution is 7.09. The highest BCUT2D eigenvalue weighted by Crippen LogP contribution is 2.23. The lowest BCUT2D eigenvalue weighted by Gasteiger charge is -2.36. The van der Waals surface area contributed by atoms with Crippen LogP contribution < -0.4 is 10.2 Å². The zero-order valence-electron chi connectivity index (χ0n) is 18.7. The molecule has 1 aliphatic rings. The van der Waals surface area contributed by atoms with Crippen LogP contribution in [0.25, 0.3) is 0 Å². The van der Waals surface area contributed by atoms with Crippen molar-refractivity contribution in [3.05, 3.63) is 86.6 Å². The first-order valence-corrected chi connectivity index (χ1v) is 12.1. The van der Waals surface area contributed by atoms with Crippen LogP contribution in [0.3, 0.4) is 0 Å². The molecule has 0 radical (unpaired) electrons. The number of anilines is 2. The lowest BCUT2D eigenvalue weighted by atomic mass is 10.1. The SMILES string of the molecule is O=C(CCCc1cccs1)Nc1cccc(C(=O)N2CCN(c3cccc([N+](=O)[O-])c3)CC2)c1. The van der Waals surface area contributed by atoms with Crippen molar-refractivity contribution in [1.82, 2.24) is 4.90 Å². The Hall–Kier alpha value is -3.72. The number of hydrogen-bond acceptors (Lipinski definition) is 6. The fourth-order valence-electron chi connectivity index (χ4n) is 3.99. The third-order valence-electron chi connectivity index (χ3n) is 5.77. The number of carbonyl (C=O) groups excluding carboxylic acids is 2. The molecule has 0 unspecified atom stereocenters. The Morgan fingerprint density at radius 2 is 1.79 bits per heavy atom. The molecule has 0 saturated carbocycles. The molecule has 1 N–H and O–H groups in total. The average molecular weight is 479 g/mol. The van der Waals surface area contributed by atoms with Crippen LogP contribution in [-0.4, -0.2) is 47.8 Å². The molecular weight excluding hydrogens is 452 g/mol. The standard InChI is InChI=1S/C25H26N4O4S/c30-24(11-3-9-23-10-4-16-34-23)26-20-6-1-5-19(17-20)25(31)28-14-12-27(13-15-28)21-7-2-8-22(18-21)29(32)33/h1-2,4-8,10,16-18H,3,9,11-15H2,(H,26,30). The predicted molar refractivity (Wildman–Crippen MR) is 134 cm³/mol. The van der Waals surface area contributed by atoms with E-state index in [1.807, 2.05) is 22.4 Å². The van der Waals surface area contributed by atoms with Crippen molar-refractivity contribution in [2.45, 2.75) is 19.3 Å². The average Bonchev–Trinajstić information content (AvgIpc) is 3.37. The molecule has 34 heavy (non-hydrogen) atoms. The first kappa shape index (κ1) is 23.4. The molecule has 2 amide bonds. The summed E-state index contributed by atoms with van der Waals surface area (Å²) in [5.41, 5.74) is 1.98. The topological polar surface area (TPSA) is 95.8 Å². The number of aryl methyl sites for hydroxylation is 1. The van der Waals surface area contributed by atoms with Gasteiger partial charge in [0.1, 0.15) is 0 Å². The minimum absolute atomic E-state index is 0.0568. The fourth-order valence-corrected chi connectivity index (χ4v) is 4.74. The number of nitro groups is 1. The summed E-state index contributed by atoms with van der Waals surface area (Å²) in [7, 11) is 0. The lowest BCUT2D eigenvalue weighted by Crippen LogP contribution is -2.48. The van der Waals surface area contributed by atoms with Gasteiger partial charge in [-0.3, -0.25) is 19.7 Å². The Labute approximate surface area is 202 Å². The highest BCUT2D eigenvalue weighted by atomic mass is 32.1. The van der Waals surface area contributed by atoms with E-state index in [-0.39, 0.29) is 17.5 Å². The molecule has 8 nitrogen and oxygen atoms in total. The van der Waals surface area contributed by atoms with Gasteiger partial charge in [0.05, 0.1) is 4.92 Å². The van der Waals surface area contributed by atoms with E-state index in [9.17, 15) is 19.7 Å². The van der Waals surface area contributed by atoms with Crippen LogP contribution in [0.5, 0.6) is 0 Å². The summed E-state index contributed by atoms with van der Waals surface area (Å²) in [5, 5.41) is 16.0. The quantitative estimate of drug-likeness (QED) is 0.378. The molecule has 9 heteroatoms. The highest BCUT2D eigenvalue weighted by Gasteiger charge is 2.23. The van der Waals surface area contributed by atoms with Crippen LogP contribution in [-0.2, 0) is 11.2 Å². The number of rotatable bonds is 8. The Balaban J connectivity index is 1.29. The minimum atomic E-state index is -0.404. The summed E-state index contributed by atoms with van der Waals surface area (Å²) >= 11 is 1.69. The molecule has 2 heterocycles. The van der Waals surface area contributed by atoms with E-state index in [2.05, 4.69) is 11.4 Å². The molecule has 4 rings (SSSR count). The smallest absolute Gasteiger partial charge is 0.271 e. The molecule has 0 bridgehead atoms. The van der Waals surface area contributed by atoms with Gasteiger partial charge < -0.3 is 15.1 Å². The van der Waals surface area contributed by atoms with Crippen molar-refractivity contribution in [2.75, 3.05) is 36.4 Å². The number of nitrogens with one attached hydrogen (secondary N) is 1. The van der Waals surface area contributed by atoms with Crippen LogP contribution in [0.1, 0.15) is 28.1 Å². The first-order chi connectivity index (χ1) is 16.5. The molecule has 2 aromatic carbocycles. The number of nitrogens with zero attached hydrogens (tertiary/aromatic N) is 3. The number of nitro benzene ring substituents is 1. The van der Waals surface area contributed by atoms with Crippen LogP contribution >= 0.6 is 11.3 Å². The van der Waals surface area contributed by atoms with E-state index in [0.29, 0.717) is 43.9 Å². The maximum absolute atomic E-state index is 13.0. The molecule has 176 valence electrons. The van der Waals surface area contributed by atoms with Crippen LogP contribution in [0.2, 0.25) is 0 Å². The van der Waals surface area contributed by atoms with Crippen LogP contribution in [0, 0.1) is 10.1 Å². The first-order valence-electron chi connectivity index (χ1n) is 11.2. The van der Waals surface area contributed by atoms with Gasteiger partial charge in [-0.1, -0.05) is 18.2 Å². The molecular formula is C25H26N4O4S. The number of benzene rings is 2. The van der Waals surface area contributed by atoms with Crippen molar-refractivity contribution in [3.63, 3.8) is 0 Å². The van der Waals surface area contributed by atoms with Crippen molar-refractivity contribution in [2.24, 2.45) is 0 Å². The molecule has 1 saturated heterocycles. The Kier molecular flexibility index (Phi) is 7.54. The Bertz CT molecular complexity index is 1160. The maximum Gasteiger partial charge on any atom is 0.271 e. The predicted octanol–water partition coefficient (Wildman–Crippen LogP) is 4.58. The summed E-state index contributed by atoms with van der Waals surface area (Å²) in [5.74, 6) is -0.154. The van der Waals surface area contributed by atoms with Crippen molar-refractivity contribution >= 4 is 40.2 Å². The van der Waals surface area contributed by atoms with Crippen molar-refractivity contribution in [1.29, 1.82) is 0 Å². The van der Waals surface area contributed by atoms with E-state index in [1.54, 1.807) is 52.6 Å². The largest absolute Gasteiger partial charge is 0.368 e. The van der Waals surface area contributed by atoms with Crippen molar-refractivity contribution < 1.29 is 14.5 Å². The molecule has 1 aromatic heterocycles. The zero-order valence-corrected chi connectivity index (χ0v) is 19.5. The van der Waals surface area contributed by atoms with Gasteiger partial charge in [-0.05, 0) is 48.6 Å². The fraction of sp³-hybridized carbons (Fsp3) is 0.280. The second-order valence-corrected chi connectivity index (χ2v) is 9.15. The van der Waals surface area contributed by atoms with Gasteiger partial charge in [0.25, 0.3) is 11.6 Å². The minimum Gasteiger partial charge on any atom is -0.368 e.